The molecule has 35 heavy (non-hydrogen) atoms. The minimum absolute atomic E-state index is 0.102. The molecule has 2 atom stereocenters. The van der Waals surface area contributed by atoms with Gasteiger partial charge in [-0.05, 0) is 41.8 Å². The van der Waals surface area contributed by atoms with E-state index in [9.17, 15) is 9.59 Å². The molecule has 4 rings (SSSR count). The van der Waals surface area contributed by atoms with Crippen LogP contribution in [0.1, 0.15) is 27.5 Å². The van der Waals surface area contributed by atoms with Crippen molar-refractivity contribution in [2.75, 3.05) is 25.7 Å². The number of pyridine rings is 1. The molecule has 1 aliphatic rings. The van der Waals surface area contributed by atoms with Crippen LogP contribution in [0.25, 0.3) is 0 Å². The predicted molar refractivity (Wildman–Crippen MR) is 132 cm³/mol. The number of nitrogens with two attached hydrogens (primary N) is 1. The first-order valence-corrected chi connectivity index (χ1v) is 11.3. The molecule has 3 aromatic rings. The van der Waals surface area contributed by atoms with Crippen LogP contribution >= 0.6 is 0 Å². The highest BCUT2D eigenvalue weighted by Gasteiger charge is 2.30. The second-order valence-electron chi connectivity index (χ2n) is 8.33. The van der Waals surface area contributed by atoms with Crippen molar-refractivity contribution < 1.29 is 19.1 Å². The summed E-state index contributed by atoms with van der Waals surface area (Å²) >= 11 is 0. The zero-order chi connectivity index (χ0) is 24.6. The van der Waals surface area contributed by atoms with Gasteiger partial charge in [0.05, 0.1) is 0 Å². The molecule has 0 spiro atoms. The zero-order valence-corrected chi connectivity index (χ0v) is 19.5. The lowest BCUT2D eigenvalue weighted by Crippen LogP contribution is -2.39. The molecule has 0 fully saturated rings. The van der Waals surface area contributed by atoms with Gasteiger partial charge in [0.25, 0.3) is 5.91 Å². The topological polar surface area (TPSA) is 107 Å². The van der Waals surface area contributed by atoms with Gasteiger partial charge in [0.15, 0.2) is 0 Å². The first kappa shape index (κ1) is 24.0. The van der Waals surface area contributed by atoms with Crippen LogP contribution in [0, 0.1) is 5.92 Å². The summed E-state index contributed by atoms with van der Waals surface area (Å²) in [5.74, 6) is -0.311. The molecule has 2 aromatic carbocycles. The second-order valence-corrected chi connectivity index (χ2v) is 8.33. The fraction of sp³-hybridized carbons (Fsp3) is 0.222. The highest BCUT2D eigenvalue weighted by atomic mass is 16.7. The molecule has 2 heterocycles. The third-order valence-corrected chi connectivity index (χ3v) is 5.80. The Morgan fingerprint density at radius 2 is 1.77 bits per heavy atom. The van der Waals surface area contributed by atoms with Gasteiger partial charge < -0.3 is 25.4 Å². The van der Waals surface area contributed by atoms with Crippen molar-refractivity contribution in [3.63, 3.8) is 0 Å². The normalized spacial score (nSPS) is 14.2. The van der Waals surface area contributed by atoms with E-state index in [1.165, 1.54) is 6.26 Å². The van der Waals surface area contributed by atoms with E-state index in [1.807, 2.05) is 42.5 Å². The lowest BCUT2D eigenvalue weighted by atomic mass is 9.95. The second kappa shape index (κ2) is 11.3. The van der Waals surface area contributed by atoms with E-state index < -0.39 is 12.0 Å². The van der Waals surface area contributed by atoms with Crippen molar-refractivity contribution in [1.29, 1.82) is 0 Å². The average Bonchev–Trinajstić information content (AvgIpc) is 3.43. The fourth-order valence-corrected chi connectivity index (χ4v) is 3.87. The van der Waals surface area contributed by atoms with Gasteiger partial charge in [-0.15, -0.1) is 0 Å². The Morgan fingerprint density at radius 1 is 1.06 bits per heavy atom. The van der Waals surface area contributed by atoms with E-state index in [4.69, 9.17) is 15.2 Å². The Kier molecular flexibility index (Phi) is 7.74. The Balaban J connectivity index is 1.39. The molecule has 0 saturated carbocycles. The van der Waals surface area contributed by atoms with Gasteiger partial charge in [-0.25, -0.2) is 0 Å². The van der Waals surface area contributed by atoms with E-state index in [0.29, 0.717) is 30.0 Å². The number of rotatable bonds is 9. The van der Waals surface area contributed by atoms with Gasteiger partial charge in [0.1, 0.15) is 17.9 Å². The van der Waals surface area contributed by atoms with Gasteiger partial charge in [0, 0.05) is 43.3 Å². The zero-order valence-electron chi connectivity index (χ0n) is 19.5. The predicted octanol–water partition coefficient (Wildman–Crippen LogP) is 3.50. The smallest absolute Gasteiger partial charge is 0.255 e. The molecule has 2 amide bonds. The van der Waals surface area contributed by atoms with Crippen LogP contribution in [0.5, 0.6) is 0 Å². The molecule has 8 nitrogen and oxygen atoms in total. The molecule has 2 unspecified atom stereocenters. The molecule has 8 heteroatoms. The number of ether oxygens (including phenoxy) is 2. The summed E-state index contributed by atoms with van der Waals surface area (Å²) in [6.45, 7) is 0.416. The number of carbonyl (C=O) groups excluding carboxylic acids is 2. The third-order valence-electron chi connectivity index (χ3n) is 5.80. The Labute approximate surface area is 204 Å². The van der Waals surface area contributed by atoms with Crippen LogP contribution in [0.2, 0.25) is 0 Å². The van der Waals surface area contributed by atoms with E-state index >= 15 is 0 Å². The molecule has 1 aromatic heterocycles. The summed E-state index contributed by atoms with van der Waals surface area (Å²) in [4.78, 5) is 31.4. The van der Waals surface area contributed by atoms with Crippen molar-refractivity contribution in [2.45, 2.75) is 12.5 Å². The van der Waals surface area contributed by atoms with Gasteiger partial charge in [-0.2, -0.15) is 0 Å². The van der Waals surface area contributed by atoms with Crippen LogP contribution in [-0.2, 0) is 20.7 Å². The number of likely N-dealkylation sites (N-methyl/N-ethyl adjacent to an activating group) is 1. The fourth-order valence-electron chi connectivity index (χ4n) is 3.87. The van der Waals surface area contributed by atoms with E-state index in [0.717, 1.165) is 11.1 Å². The first-order chi connectivity index (χ1) is 17.0. The molecule has 3 N–H and O–H groups in total. The maximum atomic E-state index is 13.4. The number of nitrogens with one attached hydrogen (secondary N) is 1. The number of carbonyl (C=O) groups is 2. The maximum absolute atomic E-state index is 13.4. The lowest BCUT2D eigenvalue weighted by Gasteiger charge is -2.26. The SMILES string of the molecule is CN(CC(N)c1ccc(C(=O)Nc2ccncc2)cc1)C(=O)C(Cc1ccccc1)C1=COCO1. The number of aromatic nitrogens is 1. The number of benzene rings is 2. The summed E-state index contributed by atoms with van der Waals surface area (Å²) in [7, 11) is 1.73. The third kappa shape index (κ3) is 6.24. The first-order valence-electron chi connectivity index (χ1n) is 11.3. The number of hydrogen-bond acceptors (Lipinski definition) is 6. The van der Waals surface area contributed by atoms with Crippen LogP contribution in [0.15, 0.2) is 91.1 Å². The highest BCUT2D eigenvalue weighted by molar-refractivity contribution is 6.04. The minimum atomic E-state index is -0.503. The van der Waals surface area contributed by atoms with Crippen LogP contribution in [-0.4, -0.2) is 42.1 Å². The number of amides is 2. The molecule has 0 saturated heterocycles. The van der Waals surface area contributed by atoms with Crippen LogP contribution in [0.4, 0.5) is 5.69 Å². The molecule has 1 aliphatic heterocycles. The number of nitrogens with zero attached hydrogens (tertiary/aromatic N) is 2. The van der Waals surface area contributed by atoms with Crippen LogP contribution < -0.4 is 11.1 Å². The quantitative estimate of drug-likeness (QED) is 0.494. The van der Waals surface area contributed by atoms with E-state index in [2.05, 4.69) is 10.3 Å². The molecule has 0 bridgehead atoms. The summed E-state index contributed by atoms with van der Waals surface area (Å²) in [6, 6.07) is 19.9. The lowest BCUT2D eigenvalue weighted by molar-refractivity contribution is -0.134. The highest BCUT2D eigenvalue weighted by Crippen LogP contribution is 2.25. The summed E-state index contributed by atoms with van der Waals surface area (Å²) in [5.41, 5.74) is 9.45. The van der Waals surface area contributed by atoms with Crippen molar-refractivity contribution in [2.24, 2.45) is 11.7 Å². The van der Waals surface area contributed by atoms with Crippen molar-refractivity contribution in [1.82, 2.24) is 9.88 Å². The summed E-state index contributed by atoms with van der Waals surface area (Å²) in [5, 5.41) is 2.82. The molecule has 0 radical (unpaired) electrons. The Morgan fingerprint density at radius 3 is 2.43 bits per heavy atom. The Bertz CT molecular complexity index is 1170. The monoisotopic (exact) mass is 472 g/mol. The number of anilines is 1. The molecular formula is C27H28N4O4. The molecular weight excluding hydrogens is 444 g/mol. The summed E-state index contributed by atoms with van der Waals surface area (Å²) in [6.07, 6.45) is 5.23. The number of hydrogen-bond donors (Lipinski definition) is 2. The van der Waals surface area contributed by atoms with Gasteiger partial charge in [0.2, 0.25) is 12.7 Å². The minimum Gasteiger partial charge on any atom is -0.462 e. The maximum Gasteiger partial charge on any atom is 0.255 e. The van der Waals surface area contributed by atoms with Gasteiger partial charge in [-0.3, -0.25) is 14.6 Å². The van der Waals surface area contributed by atoms with E-state index in [-0.39, 0.29) is 18.6 Å². The largest absolute Gasteiger partial charge is 0.462 e. The van der Waals surface area contributed by atoms with Gasteiger partial charge in [-0.1, -0.05) is 42.5 Å². The average molecular weight is 473 g/mol. The van der Waals surface area contributed by atoms with E-state index in [1.54, 1.807) is 48.6 Å². The van der Waals surface area contributed by atoms with Gasteiger partial charge >= 0.3 is 0 Å². The van der Waals surface area contributed by atoms with Crippen molar-refractivity contribution in [3.8, 4) is 0 Å². The summed E-state index contributed by atoms with van der Waals surface area (Å²) < 4.78 is 10.8. The van der Waals surface area contributed by atoms with Crippen molar-refractivity contribution in [3.05, 3.63) is 108 Å². The molecule has 0 aliphatic carbocycles. The van der Waals surface area contributed by atoms with Crippen LogP contribution in [0.3, 0.4) is 0 Å². The van der Waals surface area contributed by atoms with Crippen molar-refractivity contribution >= 4 is 17.5 Å². The molecule has 180 valence electrons. The Hall–Kier alpha value is -4.17. The standard InChI is InChI=1S/C27H28N4O4/c1-31(27(33)23(25-17-34-18-35-25)15-19-5-3-2-4-6-19)16-24(28)20-7-9-21(10-8-20)26(32)30-22-11-13-29-14-12-22/h2-14,17,23-24H,15-16,18,28H2,1H3,(H,29,30,32).